The molecule has 0 unspecified atom stereocenters. The van der Waals surface area contributed by atoms with E-state index in [1.807, 2.05) is 73.9 Å². The van der Waals surface area contributed by atoms with Crippen molar-refractivity contribution in [3.8, 4) is 17.1 Å². The summed E-state index contributed by atoms with van der Waals surface area (Å²) in [4.78, 5) is 12.8. The summed E-state index contributed by atoms with van der Waals surface area (Å²) in [5.41, 5.74) is 7.15. The van der Waals surface area contributed by atoms with Crippen molar-refractivity contribution >= 4 is 35.0 Å². The van der Waals surface area contributed by atoms with Gasteiger partial charge in [-0.05, 0) is 63.1 Å². The molecule has 0 bridgehead atoms. The normalized spacial score (nSPS) is 10.9. The molecule has 33 heavy (non-hydrogen) atoms. The van der Waals surface area contributed by atoms with E-state index in [-0.39, 0.29) is 11.7 Å². The molecule has 0 radical (unpaired) electrons. The van der Waals surface area contributed by atoms with Crippen molar-refractivity contribution in [2.24, 2.45) is 0 Å². The first-order valence-corrected chi connectivity index (χ1v) is 12.0. The number of nitrogens with one attached hydrogen (secondary N) is 1. The van der Waals surface area contributed by atoms with E-state index in [1.54, 1.807) is 0 Å². The Hall–Kier alpha value is -3.09. The van der Waals surface area contributed by atoms with Crippen molar-refractivity contribution in [3.63, 3.8) is 0 Å². The predicted molar refractivity (Wildman–Crippen MR) is 137 cm³/mol. The lowest BCUT2D eigenvalue weighted by Gasteiger charge is -2.13. The van der Waals surface area contributed by atoms with Crippen molar-refractivity contribution < 1.29 is 4.79 Å². The lowest BCUT2D eigenvalue weighted by molar-refractivity contribution is -0.113. The van der Waals surface area contributed by atoms with Gasteiger partial charge < -0.3 is 5.32 Å². The van der Waals surface area contributed by atoms with Crippen LogP contribution in [0.2, 0.25) is 5.02 Å². The standard InChI is InChI=1S/C26H25ClN4OS/c1-16-5-7-20(8-6-16)25-29-30-26(31(25)22-11-9-21(27)10-12-22)33-15-23(32)28-24-18(3)13-17(2)14-19(24)4/h5-14H,15H2,1-4H3,(H,28,32). The molecule has 5 nitrogen and oxygen atoms in total. The fourth-order valence-corrected chi connectivity index (χ4v) is 4.64. The van der Waals surface area contributed by atoms with Crippen LogP contribution in [0.15, 0.2) is 65.8 Å². The van der Waals surface area contributed by atoms with E-state index >= 15 is 0 Å². The highest BCUT2D eigenvalue weighted by Gasteiger charge is 2.18. The number of hydrogen-bond donors (Lipinski definition) is 1. The fraction of sp³-hybridized carbons (Fsp3) is 0.192. The first-order valence-electron chi connectivity index (χ1n) is 10.6. The van der Waals surface area contributed by atoms with Gasteiger partial charge in [0.2, 0.25) is 5.91 Å². The van der Waals surface area contributed by atoms with E-state index in [9.17, 15) is 4.79 Å². The number of amides is 1. The van der Waals surface area contributed by atoms with Crippen molar-refractivity contribution in [2.45, 2.75) is 32.9 Å². The van der Waals surface area contributed by atoms with Gasteiger partial charge in [-0.3, -0.25) is 9.36 Å². The molecule has 4 aromatic rings. The third-order valence-electron chi connectivity index (χ3n) is 5.30. The number of hydrogen-bond acceptors (Lipinski definition) is 4. The number of halogens is 1. The highest BCUT2D eigenvalue weighted by Crippen LogP contribution is 2.29. The van der Waals surface area contributed by atoms with Crippen LogP contribution in [0.5, 0.6) is 0 Å². The molecule has 3 aromatic carbocycles. The second kappa shape index (κ2) is 9.81. The van der Waals surface area contributed by atoms with Crippen LogP contribution in [0.3, 0.4) is 0 Å². The summed E-state index contributed by atoms with van der Waals surface area (Å²) in [5, 5.41) is 13.2. The van der Waals surface area contributed by atoms with E-state index < -0.39 is 0 Å². The number of nitrogens with zero attached hydrogens (tertiary/aromatic N) is 3. The molecule has 1 aromatic heterocycles. The van der Waals surface area contributed by atoms with Crippen molar-refractivity contribution in [1.29, 1.82) is 0 Å². The van der Waals surface area contributed by atoms with E-state index in [1.165, 1.54) is 22.9 Å². The van der Waals surface area contributed by atoms with Gasteiger partial charge >= 0.3 is 0 Å². The summed E-state index contributed by atoms with van der Waals surface area (Å²) >= 11 is 7.45. The fourth-order valence-electron chi connectivity index (χ4n) is 3.76. The quantitative estimate of drug-likeness (QED) is 0.320. The van der Waals surface area contributed by atoms with E-state index in [2.05, 4.69) is 34.6 Å². The number of carbonyl (C=O) groups is 1. The highest BCUT2D eigenvalue weighted by molar-refractivity contribution is 7.99. The maximum atomic E-state index is 12.8. The lowest BCUT2D eigenvalue weighted by Crippen LogP contribution is -2.16. The Labute approximate surface area is 203 Å². The zero-order valence-electron chi connectivity index (χ0n) is 19.0. The summed E-state index contributed by atoms with van der Waals surface area (Å²) in [6, 6.07) is 19.8. The molecule has 0 saturated carbocycles. The zero-order chi connectivity index (χ0) is 23.5. The number of carbonyl (C=O) groups excluding carboxylic acids is 1. The first kappa shape index (κ1) is 23.1. The molecule has 1 amide bonds. The minimum atomic E-state index is -0.0856. The van der Waals surface area contributed by atoms with Gasteiger partial charge in [0.1, 0.15) is 0 Å². The van der Waals surface area contributed by atoms with Gasteiger partial charge in [0.05, 0.1) is 5.75 Å². The number of thioether (sulfide) groups is 1. The number of aryl methyl sites for hydroxylation is 4. The Morgan fingerprint density at radius 2 is 1.55 bits per heavy atom. The summed E-state index contributed by atoms with van der Waals surface area (Å²) < 4.78 is 1.96. The van der Waals surface area contributed by atoms with Gasteiger partial charge in [-0.2, -0.15) is 0 Å². The molecule has 0 spiro atoms. The first-order chi connectivity index (χ1) is 15.8. The van der Waals surface area contributed by atoms with Crippen LogP contribution in [0, 0.1) is 27.7 Å². The number of rotatable bonds is 6. The Kier molecular flexibility index (Phi) is 6.86. The Morgan fingerprint density at radius 3 is 2.18 bits per heavy atom. The third-order valence-corrected chi connectivity index (χ3v) is 6.48. The third kappa shape index (κ3) is 5.29. The summed E-state index contributed by atoms with van der Waals surface area (Å²) in [6.45, 7) is 8.11. The minimum Gasteiger partial charge on any atom is -0.325 e. The van der Waals surface area contributed by atoms with E-state index in [0.29, 0.717) is 16.0 Å². The average Bonchev–Trinajstić information content (AvgIpc) is 3.20. The van der Waals surface area contributed by atoms with Gasteiger partial charge in [-0.1, -0.05) is 70.9 Å². The predicted octanol–water partition coefficient (Wildman–Crippen LogP) is 6.55. The summed E-state index contributed by atoms with van der Waals surface area (Å²) in [7, 11) is 0. The molecule has 7 heteroatoms. The van der Waals surface area contributed by atoms with Gasteiger partial charge in [0.15, 0.2) is 11.0 Å². The Bertz CT molecular complexity index is 1270. The topological polar surface area (TPSA) is 59.8 Å². The van der Waals surface area contributed by atoms with Crippen LogP contribution in [0.1, 0.15) is 22.3 Å². The summed E-state index contributed by atoms with van der Waals surface area (Å²) in [5.74, 6) is 0.842. The number of anilines is 1. The van der Waals surface area contributed by atoms with Crippen LogP contribution >= 0.6 is 23.4 Å². The minimum absolute atomic E-state index is 0.0856. The second-order valence-corrected chi connectivity index (χ2v) is 9.47. The van der Waals surface area contributed by atoms with Crippen LogP contribution < -0.4 is 5.32 Å². The maximum Gasteiger partial charge on any atom is 0.234 e. The molecule has 1 N–H and O–H groups in total. The Morgan fingerprint density at radius 1 is 0.909 bits per heavy atom. The molecule has 0 aliphatic carbocycles. The number of benzene rings is 3. The lowest BCUT2D eigenvalue weighted by atomic mass is 10.1. The molecular formula is C26H25ClN4OS. The largest absolute Gasteiger partial charge is 0.325 e. The van der Waals surface area contributed by atoms with Gasteiger partial charge in [0.25, 0.3) is 0 Å². The number of aromatic nitrogens is 3. The molecule has 1 heterocycles. The Balaban J connectivity index is 1.60. The zero-order valence-corrected chi connectivity index (χ0v) is 20.6. The van der Waals surface area contributed by atoms with Gasteiger partial charge in [-0.15, -0.1) is 10.2 Å². The molecular weight excluding hydrogens is 452 g/mol. The van der Waals surface area contributed by atoms with E-state index in [0.717, 1.165) is 28.1 Å². The van der Waals surface area contributed by atoms with Crippen LogP contribution in [-0.4, -0.2) is 26.4 Å². The maximum absolute atomic E-state index is 12.8. The van der Waals surface area contributed by atoms with E-state index in [4.69, 9.17) is 11.6 Å². The van der Waals surface area contributed by atoms with Crippen molar-refractivity contribution in [2.75, 3.05) is 11.1 Å². The molecule has 0 fully saturated rings. The van der Waals surface area contributed by atoms with Gasteiger partial charge in [-0.25, -0.2) is 0 Å². The van der Waals surface area contributed by atoms with Gasteiger partial charge in [0, 0.05) is 22.0 Å². The van der Waals surface area contributed by atoms with Crippen molar-refractivity contribution in [1.82, 2.24) is 14.8 Å². The smallest absolute Gasteiger partial charge is 0.234 e. The molecule has 4 rings (SSSR count). The molecule has 168 valence electrons. The monoisotopic (exact) mass is 476 g/mol. The molecule has 0 aliphatic heterocycles. The molecule has 0 saturated heterocycles. The second-order valence-electron chi connectivity index (χ2n) is 8.09. The van der Waals surface area contributed by atoms with Crippen LogP contribution in [-0.2, 0) is 4.79 Å². The highest BCUT2D eigenvalue weighted by atomic mass is 35.5. The summed E-state index contributed by atoms with van der Waals surface area (Å²) in [6.07, 6.45) is 0. The molecule has 0 atom stereocenters. The molecule has 0 aliphatic rings. The van der Waals surface area contributed by atoms with Crippen LogP contribution in [0.4, 0.5) is 5.69 Å². The average molecular weight is 477 g/mol. The van der Waals surface area contributed by atoms with Crippen LogP contribution in [0.25, 0.3) is 17.1 Å². The SMILES string of the molecule is Cc1ccc(-c2nnc(SCC(=O)Nc3c(C)cc(C)cc3C)n2-c2ccc(Cl)cc2)cc1. The van der Waals surface area contributed by atoms with Crippen molar-refractivity contribution in [3.05, 3.63) is 87.9 Å².